The highest BCUT2D eigenvalue weighted by Gasteiger charge is 2.14. The van der Waals surface area contributed by atoms with E-state index in [9.17, 15) is 5.11 Å². The molecule has 2 atom stereocenters. The lowest BCUT2D eigenvalue weighted by molar-refractivity contribution is 0.140. The Balaban J connectivity index is 2.61. The lowest BCUT2D eigenvalue weighted by Gasteiger charge is -2.16. The minimum absolute atomic E-state index is 0.409. The van der Waals surface area contributed by atoms with Crippen LogP contribution in [0.25, 0.3) is 0 Å². The van der Waals surface area contributed by atoms with Crippen LogP contribution in [0.2, 0.25) is 0 Å². The molecule has 0 aliphatic carbocycles. The molecule has 2 heteroatoms. The average Bonchev–Trinajstić information content (AvgIpc) is 2.18. The lowest BCUT2D eigenvalue weighted by Crippen LogP contribution is -2.07. The highest BCUT2D eigenvalue weighted by molar-refractivity contribution is 5.19. The predicted octanol–water partition coefficient (Wildman–Crippen LogP) is 3.25. The van der Waals surface area contributed by atoms with Crippen LogP contribution in [0, 0.1) is 12.8 Å². The van der Waals surface area contributed by atoms with E-state index in [1.807, 2.05) is 19.1 Å². The number of aromatic nitrogens is 1. The van der Waals surface area contributed by atoms with Crippen molar-refractivity contribution in [3.05, 3.63) is 29.6 Å². The van der Waals surface area contributed by atoms with Gasteiger partial charge in [-0.05, 0) is 30.9 Å². The highest BCUT2D eigenvalue weighted by atomic mass is 16.3. The lowest BCUT2D eigenvalue weighted by atomic mass is 9.96. The van der Waals surface area contributed by atoms with E-state index in [1.165, 1.54) is 12.8 Å². The highest BCUT2D eigenvalue weighted by Crippen LogP contribution is 2.24. The number of rotatable bonds is 5. The van der Waals surface area contributed by atoms with E-state index in [0.29, 0.717) is 5.92 Å². The van der Waals surface area contributed by atoms with Crippen LogP contribution in [-0.2, 0) is 0 Å². The van der Waals surface area contributed by atoms with Crippen molar-refractivity contribution in [2.75, 3.05) is 0 Å². The number of aryl methyl sites for hydroxylation is 1. The molecule has 0 saturated carbocycles. The van der Waals surface area contributed by atoms with Gasteiger partial charge >= 0.3 is 0 Å². The second kappa shape index (κ2) is 5.86. The molecule has 84 valence electrons. The van der Waals surface area contributed by atoms with Gasteiger partial charge in [0.25, 0.3) is 0 Å². The molecule has 0 aliphatic heterocycles. The Labute approximate surface area is 92.4 Å². The summed E-state index contributed by atoms with van der Waals surface area (Å²) >= 11 is 0. The maximum absolute atomic E-state index is 10.0. The molecule has 0 aromatic carbocycles. The van der Waals surface area contributed by atoms with Gasteiger partial charge in [-0.3, -0.25) is 4.98 Å². The van der Waals surface area contributed by atoms with Crippen molar-refractivity contribution in [3.8, 4) is 0 Å². The first-order valence-corrected chi connectivity index (χ1v) is 5.74. The first-order valence-electron chi connectivity index (χ1n) is 5.74. The number of nitrogens with zero attached hydrogens (tertiary/aromatic N) is 1. The molecule has 1 rings (SSSR count). The van der Waals surface area contributed by atoms with Gasteiger partial charge in [-0.25, -0.2) is 0 Å². The van der Waals surface area contributed by atoms with Crippen LogP contribution in [0.15, 0.2) is 18.3 Å². The summed E-state index contributed by atoms with van der Waals surface area (Å²) in [4.78, 5) is 4.24. The summed E-state index contributed by atoms with van der Waals surface area (Å²) in [5, 5.41) is 10.0. The Morgan fingerprint density at radius 3 is 2.80 bits per heavy atom. The summed E-state index contributed by atoms with van der Waals surface area (Å²) in [6.07, 6.45) is 4.49. The van der Waals surface area contributed by atoms with Crippen LogP contribution in [0.4, 0.5) is 0 Å². The van der Waals surface area contributed by atoms with Gasteiger partial charge in [0, 0.05) is 6.20 Å². The molecular formula is C13H21NO. The fraction of sp³-hybridized carbons (Fsp3) is 0.615. The second-order valence-corrected chi connectivity index (χ2v) is 4.35. The zero-order valence-corrected chi connectivity index (χ0v) is 9.90. The van der Waals surface area contributed by atoms with E-state index in [1.54, 1.807) is 6.20 Å². The van der Waals surface area contributed by atoms with E-state index in [4.69, 9.17) is 0 Å². The summed E-state index contributed by atoms with van der Waals surface area (Å²) in [7, 11) is 0. The summed E-state index contributed by atoms with van der Waals surface area (Å²) in [5.41, 5.74) is 1.91. The minimum atomic E-state index is -0.409. The second-order valence-electron chi connectivity index (χ2n) is 4.35. The fourth-order valence-corrected chi connectivity index (χ4v) is 1.95. The van der Waals surface area contributed by atoms with Gasteiger partial charge in [0.15, 0.2) is 0 Å². The molecule has 15 heavy (non-hydrogen) atoms. The van der Waals surface area contributed by atoms with Gasteiger partial charge in [-0.2, -0.15) is 0 Å². The van der Waals surface area contributed by atoms with Gasteiger partial charge in [0.2, 0.25) is 0 Å². The first kappa shape index (κ1) is 12.2. The molecular weight excluding hydrogens is 186 g/mol. The fourth-order valence-electron chi connectivity index (χ4n) is 1.95. The number of aliphatic hydroxyl groups is 1. The molecule has 1 aromatic heterocycles. The van der Waals surface area contributed by atoms with Crippen molar-refractivity contribution >= 4 is 0 Å². The van der Waals surface area contributed by atoms with Gasteiger partial charge in [-0.15, -0.1) is 0 Å². The zero-order chi connectivity index (χ0) is 11.3. The summed E-state index contributed by atoms with van der Waals surface area (Å²) < 4.78 is 0. The van der Waals surface area contributed by atoms with E-state index < -0.39 is 6.10 Å². The molecule has 0 fully saturated rings. The Morgan fingerprint density at radius 1 is 1.47 bits per heavy atom. The quantitative estimate of drug-likeness (QED) is 0.804. The van der Waals surface area contributed by atoms with Crippen LogP contribution in [0.5, 0.6) is 0 Å². The van der Waals surface area contributed by atoms with Crippen molar-refractivity contribution in [1.29, 1.82) is 0 Å². The van der Waals surface area contributed by atoms with Crippen molar-refractivity contribution in [3.63, 3.8) is 0 Å². The third-order valence-corrected chi connectivity index (χ3v) is 2.77. The van der Waals surface area contributed by atoms with Gasteiger partial charge < -0.3 is 5.11 Å². The predicted molar refractivity (Wildman–Crippen MR) is 62.6 cm³/mol. The topological polar surface area (TPSA) is 33.1 Å². The van der Waals surface area contributed by atoms with Crippen molar-refractivity contribution in [2.24, 2.45) is 5.92 Å². The Hall–Kier alpha value is -0.890. The largest absolute Gasteiger partial charge is 0.387 e. The van der Waals surface area contributed by atoms with Gasteiger partial charge in [-0.1, -0.05) is 32.8 Å². The number of hydrogen-bond donors (Lipinski definition) is 1. The van der Waals surface area contributed by atoms with Crippen LogP contribution in [0.1, 0.15) is 50.5 Å². The molecule has 0 bridgehead atoms. The minimum Gasteiger partial charge on any atom is -0.387 e. The van der Waals surface area contributed by atoms with Crippen molar-refractivity contribution in [2.45, 2.75) is 46.1 Å². The van der Waals surface area contributed by atoms with Crippen molar-refractivity contribution < 1.29 is 5.11 Å². The van der Waals surface area contributed by atoms with Gasteiger partial charge in [0.05, 0.1) is 11.8 Å². The molecule has 0 radical (unpaired) electrons. The molecule has 1 N–H and O–H groups in total. The number of hydrogen-bond acceptors (Lipinski definition) is 2. The Bertz CT molecular complexity index is 298. The van der Waals surface area contributed by atoms with Crippen LogP contribution < -0.4 is 0 Å². The third-order valence-electron chi connectivity index (χ3n) is 2.77. The molecule has 0 spiro atoms. The van der Waals surface area contributed by atoms with E-state index in [0.717, 1.165) is 17.7 Å². The zero-order valence-electron chi connectivity index (χ0n) is 9.90. The normalized spacial score (nSPS) is 14.9. The molecule has 1 heterocycles. The first-order chi connectivity index (χ1) is 7.15. The standard InChI is InChI=1S/C13H21NO/c1-4-6-10(2)9-12(15)13-11(3)7-5-8-14-13/h5,7-8,10,12,15H,4,6,9H2,1-3H3. The maximum atomic E-state index is 10.0. The van der Waals surface area contributed by atoms with Gasteiger partial charge in [0.1, 0.15) is 0 Å². The third kappa shape index (κ3) is 3.63. The van der Waals surface area contributed by atoms with E-state index in [2.05, 4.69) is 18.8 Å². The molecule has 2 unspecified atom stereocenters. The molecule has 0 aliphatic rings. The monoisotopic (exact) mass is 207 g/mol. The summed E-state index contributed by atoms with van der Waals surface area (Å²) in [5.74, 6) is 0.561. The molecule has 0 saturated heterocycles. The van der Waals surface area contributed by atoms with Crippen LogP contribution in [-0.4, -0.2) is 10.1 Å². The van der Waals surface area contributed by atoms with Crippen LogP contribution in [0.3, 0.4) is 0 Å². The summed E-state index contributed by atoms with van der Waals surface area (Å²) in [6.45, 7) is 6.36. The van der Waals surface area contributed by atoms with Crippen molar-refractivity contribution in [1.82, 2.24) is 4.98 Å². The SMILES string of the molecule is CCCC(C)CC(O)c1ncccc1C. The molecule has 2 nitrogen and oxygen atoms in total. The van der Waals surface area contributed by atoms with E-state index in [-0.39, 0.29) is 0 Å². The Morgan fingerprint density at radius 2 is 2.20 bits per heavy atom. The smallest absolute Gasteiger partial charge is 0.0965 e. The number of aliphatic hydroxyl groups excluding tert-OH is 1. The number of pyridine rings is 1. The van der Waals surface area contributed by atoms with E-state index >= 15 is 0 Å². The summed E-state index contributed by atoms with van der Waals surface area (Å²) in [6, 6.07) is 3.90. The average molecular weight is 207 g/mol. The maximum Gasteiger partial charge on any atom is 0.0965 e. The molecule has 0 amide bonds. The van der Waals surface area contributed by atoms with Crippen LogP contribution >= 0.6 is 0 Å². The Kier molecular flexibility index (Phi) is 4.76. The molecule has 1 aromatic rings.